The molecule has 2 atom stereocenters. The molecule has 1 aliphatic heterocycles. The van der Waals surface area contributed by atoms with Gasteiger partial charge in [0.25, 0.3) is 5.91 Å². The Bertz CT molecular complexity index is 1390. The summed E-state index contributed by atoms with van der Waals surface area (Å²) in [5.74, 6) is 0.162. The molecule has 0 radical (unpaired) electrons. The summed E-state index contributed by atoms with van der Waals surface area (Å²) < 4.78 is 19.3. The van der Waals surface area contributed by atoms with Gasteiger partial charge in [-0.2, -0.15) is 0 Å². The molecule has 0 spiro atoms. The number of carbonyl (C=O) groups excluding carboxylic acids is 1. The lowest BCUT2D eigenvalue weighted by atomic mass is 9.87. The predicted molar refractivity (Wildman–Crippen MR) is 148 cm³/mol. The number of benzene rings is 4. The number of rotatable bonds is 8. The van der Waals surface area contributed by atoms with E-state index in [1.54, 1.807) is 19.1 Å². The van der Waals surface area contributed by atoms with Gasteiger partial charge >= 0.3 is 0 Å². The van der Waals surface area contributed by atoms with Gasteiger partial charge in [0.05, 0.1) is 6.04 Å². The molecule has 5 rings (SSSR count). The summed E-state index contributed by atoms with van der Waals surface area (Å²) in [6.07, 6.45) is 0.286. The zero-order valence-corrected chi connectivity index (χ0v) is 21.9. The molecular formula is C33H33FN2O2. The van der Waals surface area contributed by atoms with Crippen LogP contribution in [0.15, 0.2) is 97.1 Å². The van der Waals surface area contributed by atoms with Crippen LogP contribution in [0, 0.1) is 12.7 Å². The molecule has 4 aromatic rings. The standard InChI is InChI=1S/C33H33FN2O2/c1-23-7-6-8-26(19-23)22-36-18-17-27-13-16-30(20-31(27)32(36)28-9-4-3-5-10-28)38-24(2)33(37)35-21-25-11-14-29(34)15-12-25/h3-16,19-20,24,32H,17-18,21-22H2,1-2H3,(H,35,37)/t24-,32+/m1/s1. The first kappa shape index (κ1) is 25.7. The monoisotopic (exact) mass is 508 g/mol. The quantitative estimate of drug-likeness (QED) is 0.301. The van der Waals surface area contributed by atoms with Crippen LogP contribution in [-0.2, 0) is 24.3 Å². The second kappa shape index (κ2) is 11.6. The SMILES string of the molecule is Cc1cccc(CN2CCc3ccc(O[C@H](C)C(=O)NCc4ccc(F)cc4)cc3[C@@H]2c2ccccc2)c1. The van der Waals surface area contributed by atoms with E-state index in [1.807, 2.05) is 12.1 Å². The van der Waals surface area contributed by atoms with E-state index in [1.165, 1.54) is 39.9 Å². The van der Waals surface area contributed by atoms with Crippen LogP contribution in [0.5, 0.6) is 5.75 Å². The van der Waals surface area contributed by atoms with Crippen molar-refractivity contribution in [2.45, 2.75) is 45.5 Å². The lowest BCUT2D eigenvalue weighted by molar-refractivity contribution is -0.127. The van der Waals surface area contributed by atoms with E-state index in [0.29, 0.717) is 12.3 Å². The summed E-state index contributed by atoms with van der Waals surface area (Å²) in [5, 5.41) is 2.88. The minimum atomic E-state index is -0.671. The first-order valence-corrected chi connectivity index (χ1v) is 13.1. The Morgan fingerprint density at radius 1 is 0.974 bits per heavy atom. The van der Waals surface area contributed by atoms with Gasteiger partial charge in [-0.25, -0.2) is 4.39 Å². The first-order chi connectivity index (χ1) is 18.5. The normalized spacial score (nSPS) is 15.9. The number of nitrogens with zero attached hydrogens (tertiary/aromatic N) is 1. The van der Waals surface area contributed by atoms with E-state index < -0.39 is 6.10 Å². The highest BCUT2D eigenvalue weighted by Crippen LogP contribution is 2.38. The van der Waals surface area contributed by atoms with Crippen molar-refractivity contribution in [2.24, 2.45) is 0 Å². The van der Waals surface area contributed by atoms with Crippen LogP contribution in [0.4, 0.5) is 4.39 Å². The number of nitrogens with one attached hydrogen (secondary N) is 1. The molecule has 0 saturated heterocycles. The summed E-state index contributed by atoms with van der Waals surface area (Å²) in [7, 11) is 0. The van der Waals surface area contributed by atoms with Gasteiger partial charge in [0.1, 0.15) is 11.6 Å². The summed E-state index contributed by atoms with van der Waals surface area (Å²) in [6.45, 7) is 6.01. The highest BCUT2D eigenvalue weighted by molar-refractivity contribution is 5.80. The summed E-state index contributed by atoms with van der Waals surface area (Å²) in [5.41, 5.74) is 7.15. The Kier molecular flexibility index (Phi) is 7.85. The van der Waals surface area contributed by atoms with E-state index in [4.69, 9.17) is 4.74 Å². The van der Waals surface area contributed by atoms with Crippen LogP contribution >= 0.6 is 0 Å². The first-order valence-electron chi connectivity index (χ1n) is 13.1. The summed E-state index contributed by atoms with van der Waals surface area (Å²) in [6, 6.07) is 31.7. The van der Waals surface area contributed by atoms with Crippen molar-refractivity contribution in [1.29, 1.82) is 0 Å². The third kappa shape index (κ3) is 6.12. The Labute approximate surface area is 224 Å². The molecule has 194 valence electrons. The fraction of sp³-hybridized carbons (Fsp3) is 0.242. The lowest BCUT2D eigenvalue weighted by Crippen LogP contribution is -2.37. The Balaban J connectivity index is 1.35. The molecular weight excluding hydrogens is 475 g/mol. The van der Waals surface area contributed by atoms with Crippen LogP contribution in [0.3, 0.4) is 0 Å². The number of halogens is 1. The number of hydrogen-bond donors (Lipinski definition) is 1. The highest BCUT2D eigenvalue weighted by Gasteiger charge is 2.29. The molecule has 1 N–H and O–H groups in total. The van der Waals surface area contributed by atoms with Crippen molar-refractivity contribution in [1.82, 2.24) is 10.2 Å². The molecule has 38 heavy (non-hydrogen) atoms. The van der Waals surface area contributed by atoms with Crippen molar-refractivity contribution in [3.05, 3.63) is 136 Å². The van der Waals surface area contributed by atoms with E-state index in [0.717, 1.165) is 25.1 Å². The van der Waals surface area contributed by atoms with Crippen molar-refractivity contribution < 1.29 is 13.9 Å². The lowest BCUT2D eigenvalue weighted by Gasteiger charge is -2.38. The molecule has 0 fully saturated rings. The van der Waals surface area contributed by atoms with E-state index in [9.17, 15) is 9.18 Å². The van der Waals surface area contributed by atoms with Crippen LogP contribution in [-0.4, -0.2) is 23.5 Å². The predicted octanol–water partition coefficient (Wildman–Crippen LogP) is 6.37. The van der Waals surface area contributed by atoms with Crippen molar-refractivity contribution >= 4 is 5.91 Å². The molecule has 1 heterocycles. The van der Waals surface area contributed by atoms with Gasteiger partial charge in [-0.3, -0.25) is 9.69 Å². The summed E-state index contributed by atoms with van der Waals surface area (Å²) in [4.78, 5) is 15.2. The van der Waals surface area contributed by atoms with Crippen LogP contribution in [0.2, 0.25) is 0 Å². The fourth-order valence-electron chi connectivity index (χ4n) is 5.15. The average Bonchev–Trinajstić information content (AvgIpc) is 2.93. The smallest absolute Gasteiger partial charge is 0.261 e. The molecule has 1 aliphatic rings. The Hall–Kier alpha value is -3.96. The largest absolute Gasteiger partial charge is 0.481 e. The Morgan fingerprint density at radius 2 is 1.76 bits per heavy atom. The van der Waals surface area contributed by atoms with Crippen LogP contribution < -0.4 is 10.1 Å². The van der Waals surface area contributed by atoms with Crippen molar-refractivity contribution in [2.75, 3.05) is 6.54 Å². The van der Waals surface area contributed by atoms with Gasteiger partial charge < -0.3 is 10.1 Å². The molecule has 4 aromatic carbocycles. The third-order valence-corrected chi connectivity index (χ3v) is 7.09. The molecule has 0 aliphatic carbocycles. The zero-order chi connectivity index (χ0) is 26.5. The maximum Gasteiger partial charge on any atom is 0.261 e. The number of carbonyl (C=O) groups is 1. The number of fused-ring (bicyclic) bond motifs is 1. The molecule has 5 heteroatoms. The van der Waals surface area contributed by atoms with Crippen molar-refractivity contribution in [3.63, 3.8) is 0 Å². The molecule has 0 unspecified atom stereocenters. The van der Waals surface area contributed by atoms with Crippen LogP contribution in [0.25, 0.3) is 0 Å². The topological polar surface area (TPSA) is 41.6 Å². The number of amides is 1. The minimum Gasteiger partial charge on any atom is -0.481 e. The Morgan fingerprint density at radius 3 is 2.53 bits per heavy atom. The maximum atomic E-state index is 13.2. The van der Waals surface area contributed by atoms with E-state index in [2.05, 4.69) is 77.8 Å². The van der Waals surface area contributed by atoms with Gasteiger partial charge in [-0.15, -0.1) is 0 Å². The molecule has 4 nitrogen and oxygen atoms in total. The highest BCUT2D eigenvalue weighted by atomic mass is 19.1. The zero-order valence-electron chi connectivity index (χ0n) is 21.9. The molecule has 1 amide bonds. The summed E-state index contributed by atoms with van der Waals surface area (Å²) >= 11 is 0. The maximum absolute atomic E-state index is 13.2. The molecule has 0 aromatic heterocycles. The fourth-order valence-corrected chi connectivity index (χ4v) is 5.15. The molecule has 0 saturated carbocycles. The second-order valence-corrected chi connectivity index (χ2v) is 9.99. The van der Waals surface area contributed by atoms with Crippen molar-refractivity contribution in [3.8, 4) is 5.75 Å². The van der Waals surface area contributed by atoms with Gasteiger partial charge in [-0.1, -0.05) is 78.4 Å². The van der Waals surface area contributed by atoms with Gasteiger partial charge in [-0.05, 0) is 72.4 Å². The average molecular weight is 509 g/mol. The van der Waals surface area contributed by atoms with Gasteiger partial charge in [0.15, 0.2) is 6.10 Å². The minimum absolute atomic E-state index is 0.0895. The number of hydrogen-bond acceptors (Lipinski definition) is 3. The number of aryl methyl sites for hydroxylation is 1. The third-order valence-electron chi connectivity index (χ3n) is 7.09. The van der Waals surface area contributed by atoms with Gasteiger partial charge in [0.2, 0.25) is 0 Å². The van der Waals surface area contributed by atoms with E-state index in [-0.39, 0.29) is 17.8 Å². The molecule has 0 bridgehead atoms. The number of ether oxygens (including phenoxy) is 1. The van der Waals surface area contributed by atoms with Crippen LogP contribution in [0.1, 0.15) is 46.3 Å². The second-order valence-electron chi connectivity index (χ2n) is 9.99. The van der Waals surface area contributed by atoms with Gasteiger partial charge in [0, 0.05) is 19.6 Å². The van der Waals surface area contributed by atoms with E-state index >= 15 is 0 Å².